The molecule has 1 aromatic rings. The molecule has 6 nitrogen and oxygen atoms in total. The zero-order chi connectivity index (χ0) is 19.4. The number of carbonyl (C=O) groups is 1. The van der Waals surface area contributed by atoms with Gasteiger partial charge in [-0.2, -0.15) is 0 Å². The van der Waals surface area contributed by atoms with Crippen LogP contribution >= 0.6 is 11.6 Å². The molecule has 2 fully saturated rings. The zero-order valence-corrected chi connectivity index (χ0v) is 17.2. The Morgan fingerprint density at radius 1 is 1.30 bits per heavy atom. The van der Waals surface area contributed by atoms with E-state index in [9.17, 15) is 13.2 Å². The SMILES string of the molecule is CCC1CCCCN1C(=O)c1ccc(Cl)c(S(=O)(=O)NCC2CCCO2)c1. The predicted octanol–water partition coefficient (Wildman–Crippen LogP) is 3.20. The van der Waals surface area contributed by atoms with Gasteiger partial charge in [0.1, 0.15) is 4.90 Å². The summed E-state index contributed by atoms with van der Waals surface area (Å²) in [6.45, 7) is 3.65. The lowest BCUT2D eigenvalue weighted by molar-refractivity contribution is 0.0608. The average Bonchev–Trinajstić information content (AvgIpc) is 3.20. The van der Waals surface area contributed by atoms with Gasteiger partial charge in [0.2, 0.25) is 10.0 Å². The number of halogens is 1. The molecule has 0 saturated carbocycles. The van der Waals surface area contributed by atoms with Crippen LogP contribution in [0.3, 0.4) is 0 Å². The lowest BCUT2D eigenvalue weighted by Crippen LogP contribution is -2.43. The third-order valence-corrected chi connectivity index (χ3v) is 7.26. The molecule has 2 unspecified atom stereocenters. The molecule has 1 N–H and O–H groups in total. The Balaban J connectivity index is 1.79. The topological polar surface area (TPSA) is 75.7 Å². The van der Waals surface area contributed by atoms with Crippen LogP contribution in [-0.4, -0.2) is 51.1 Å². The molecule has 2 saturated heterocycles. The van der Waals surface area contributed by atoms with Crippen LogP contribution in [0.5, 0.6) is 0 Å². The Bertz CT molecular complexity index is 778. The number of nitrogens with zero attached hydrogens (tertiary/aromatic N) is 1. The molecule has 2 aliphatic heterocycles. The summed E-state index contributed by atoms with van der Waals surface area (Å²) in [7, 11) is -3.82. The standard InChI is InChI=1S/C19H27ClN2O4S/c1-2-15-6-3-4-10-22(15)19(23)14-8-9-17(20)18(12-14)27(24,25)21-13-16-7-5-11-26-16/h8-9,12,15-16,21H,2-7,10-11,13H2,1H3. The number of hydrogen-bond donors (Lipinski definition) is 1. The van der Waals surface area contributed by atoms with Crippen molar-refractivity contribution in [3.63, 3.8) is 0 Å². The molecular weight excluding hydrogens is 388 g/mol. The van der Waals surface area contributed by atoms with Crippen molar-refractivity contribution in [1.29, 1.82) is 0 Å². The minimum atomic E-state index is -3.82. The summed E-state index contributed by atoms with van der Waals surface area (Å²) >= 11 is 6.15. The highest BCUT2D eigenvalue weighted by molar-refractivity contribution is 7.89. The minimum Gasteiger partial charge on any atom is -0.377 e. The molecule has 0 aromatic heterocycles. The van der Waals surface area contributed by atoms with Gasteiger partial charge in [-0.15, -0.1) is 0 Å². The Morgan fingerprint density at radius 2 is 2.11 bits per heavy atom. The number of nitrogens with one attached hydrogen (secondary N) is 1. The lowest BCUT2D eigenvalue weighted by Gasteiger charge is -2.35. The van der Waals surface area contributed by atoms with Crippen molar-refractivity contribution >= 4 is 27.5 Å². The average molecular weight is 415 g/mol. The van der Waals surface area contributed by atoms with E-state index in [0.29, 0.717) is 18.7 Å². The molecule has 3 rings (SSSR count). The highest BCUT2D eigenvalue weighted by Crippen LogP contribution is 2.26. The smallest absolute Gasteiger partial charge is 0.254 e. The van der Waals surface area contributed by atoms with Gasteiger partial charge in [-0.05, 0) is 56.7 Å². The summed E-state index contributed by atoms with van der Waals surface area (Å²) in [5, 5.41) is 0.108. The quantitative estimate of drug-likeness (QED) is 0.775. The van der Waals surface area contributed by atoms with Crippen LogP contribution in [0.1, 0.15) is 55.8 Å². The van der Waals surface area contributed by atoms with Gasteiger partial charge in [0.05, 0.1) is 11.1 Å². The van der Waals surface area contributed by atoms with Crippen LogP contribution in [0.25, 0.3) is 0 Å². The van der Waals surface area contributed by atoms with Crippen LogP contribution < -0.4 is 4.72 Å². The van der Waals surface area contributed by atoms with Gasteiger partial charge in [0.15, 0.2) is 0 Å². The fourth-order valence-corrected chi connectivity index (χ4v) is 5.38. The van der Waals surface area contributed by atoms with Crippen LogP contribution in [0, 0.1) is 0 Å². The summed E-state index contributed by atoms with van der Waals surface area (Å²) in [6.07, 6.45) is 5.65. The van der Waals surface area contributed by atoms with E-state index < -0.39 is 10.0 Å². The molecule has 0 spiro atoms. The summed E-state index contributed by atoms with van der Waals surface area (Å²) in [6, 6.07) is 4.69. The number of likely N-dealkylation sites (tertiary alicyclic amines) is 1. The number of rotatable bonds is 6. The fraction of sp³-hybridized carbons (Fsp3) is 0.632. The Morgan fingerprint density at radius 3 is 2.81 bits per heavy atom. The maximum atomic E-state index is 13.0. The number of benzene rings is 1. The number of hydrogen-bond acceptors (Lipinski definition) is 4. The minimum absolute atomic E-state index is 0.0573. The lowest BCUT2D eigenvalue weighted by atomic mass is 9.99. The third-order valence-electron chi connectivity index (χ3n) is 5.35. The van der Waals surface area contributed by atoms with E-state index >= 15 is 0 Å². The molecule has 2 atom stereocenters. The summed E-state index contributed by atoms with van der Waals surface area (Å²) in [4.78, 5) is 14.8. The van der Waals surface area contributed by atoms with Gasteiger partial charge < -0.3 is 9.64 Å². The number of amides is 1. The van der Waals surface area contributed by atoms with Crippen LogP contribution in [0.2, 0.25) is 5.02 Å². The number of piperidine rings is 1. The molecule has 27 heavy (non-hydrogen) atoms. The van der Waals surface area contributed by atoms with Crippen LogP contribution in [0.15, 0.2) is 23.1 Å². The van der Waals surface area contributed by atoms with Gasteiger partial charge in [0, 0.05) is 31.3 Å². The van der Waals surface area contributed by atoms with E-state index in [0.717, 1.165) is 38.5 Å². The zero-order valence-electron chi connectivity index (χ0n) is 15.6. The summed E-state index contributed by atoms with van der Waals surface area (Å²) in [5.74, 6) is -0.131. The Labute approximate surface area is 166 Å². The second-order valence-electron chi connectivity index (χ2n) is 7.19. The number of carbonyl (C=O) groups excluding carboxylic acids is 1. The van der Waals surface area contributed by atoms with Crippen molar-refractivity contribution in [3.05, 3.63) is 28.8 Å². The second kappa shape index (κ2) is 8.90. The molecule has 0 radical (unpaired) electrons. The number of sulfonamides is 1. The third kappa shape index (κ3) is 4.83. The highest BCUT2D eigenvalue weighted by atomic mass is 35.5. The molecule has 1 amide bonds. The van der Waals surface area contributed by atoms with Crippen molar-refractivity contribution in [1.82, 2.24) is 9.62 Å². The van der Waals surface area contributed by atoms with Crippen molar-refractivity contribution in [3.8, 4) is 0 Å². The van der Waals surface area contributed by atoms with Gasteiger partial charge in [-0.25, -0.2) is 13.1 Å². The molecular formula is C19H27ClN2O4S. The first-order chi connectivity index (χ1) is 12.9. The van der Waals surface area contributed by atoms with E-state index in [-0.39, 0.29) is 34.5 Å². The predicted molar refractivity (Wildman–Crippen MR) is 105 cm³/mol. The molecule has 1 aromatic carbocycles. The maximum absolute atomic E-state index is 13.0. The summed E-state index contributed by atoms with van der Waals surface area (Å²) < 4.78 is 33.4. The van der Waals surface area contributed by atoms with E-state index in [1.54, 1.807) is 6.07 Å². The normalized spacial score (nSPS) is 23.6. The van der Waals surface area contributed by atoms with Crippen molar-refractivity contribution < 1.29 is 17.9 Å². The first kappa shape index (κ1) is 20.6. The van der Waals surface area contributed by atoms with E-state index in [1.807, 2.05) is 4.90 Å². The van der Waals surface area contributed by atoms with Crippen LogP contribution in [0.4, 0.5) is 0 Å². The van der Waals surface area contributed by atoms with Crippen molar-refractivity contribution in [2.45, 2.75) is 62.5 Å². The van der Waals surface area contributed by atoms with Gasteiger partial charge in [0.25, 0.3) is 5.91 Å². The Kier molecular flexibility index (Phi) is 6.78. The van der Waals surface area contributed by atoms with E-state index in [1.165, 1.54) is 12.1 Å². The van der Waals surface area contributed by atoms with Gasteiger partial charge >= 0.3 is 0 Å². The first-order valence-corrected chi connectivity index (χ1v) is 11.5. The first-order valence-electron chi connectivity index (χ1n) is 9.64. The van der Waals surface area contributed by atoms with Crippen LogP contribution in [-0.2, 0) is 14.8 Å². The van der Waals surface area contributed by atoms with Gasteiger partial charge in [-0.1, -0.05) is 18.5 Å². The number of ether oxygens (including phenoxy) is 1. The molecule has 8 heteroatoms. The monoisotopic (exact) mass is 414 g/mol. The molecule has 2 heterocycles. The van der Waals surface area contributed by atoms with Gasteiger partial charge in [-0.3, -0.25) is 4.79 Å². The molecule has 0 aliphatic carbocycles. The van der Waals surface area contributed by atoms with E-state index in [2.05, 4.69) is 11.6 Å². The molecule has 2 aliphatic rings. The largest absolute Gasteiger partial charge is 0.377 e. The Hall–Kier alpha value is -1.15. The molecule has 0 bridgehead atoms. The molecule has 150 valence electrons. The van der Waals surface area contributed by atoms with Crippen molar-refractivity contribution in [2.24, 2.45) is 0 Å². The fourth-order valence-electron chi connectivity index (χ4n) is 3.79. The second-order valence-corrected chi connectivity index (χ2v) is 9.33. The highest BCUT2D eigenvalue weighted by Gasteiger charge is 2.28. The summed E-state index contributed by atoms with van der Waals surface area (Å²) in [5.41, 5.74) is 0.359. The van der Waals surface area contributed by atoms with Crippen molar-refractivity contribution in [2.75, 3.05) is 19.7 Å². The van der Waals surface area contributed by atoms with E-state index in [4.69, 9.17) is 16.3 Å². The maximum Gasteiger partial charge on any atom is 0.254 e.